The van der Waals surface area contributed by atoms with Crippen molar-refractivity contribution in [1.82, 2.24) is 15.1 Å². The Morgan fingerprint density at radius 2 is 2.14 bits per heavy atom. The largest absolute Gasteiger partial charge is 0.487 e. The van der Waals surface area contributed by atoms with Crippen molar-refractivity contribution >= 4 is 0 Å². The van der Waals surface area contributed by atoms with Crippen molar-refractivity contribution in [3.05, 3.63) is 46.8 Å². The predicted octanol–water partition coefficient (Wildman–Crippen LogP) is 2.87. The maximum absolute atomic E-state index is 6.10. The van der Waals surface area contributed by atoms with E-state index < -0.39 is 0 Å². The first kappa shape index (κ1) is 14.1. The average Bonchev–Trinajstić information content (AvgIpc) is 3.21. The number of rotatable bonds is 6. The highest BCUT2D eigenvalue weighted by molar-refractivity contribution is 5.41. The number of benzene rings is 1. The zero-order valence-electron chi connectivity index (χ0n) is 13.0. The van der Waals surface area contributed by atoms with Crippen LogP contribution in [0.15, 0.2) is 24.3 Å². The molecule has 0 radical (unpaired) electrons. The Hall–Kier alpha value is -1.81. The van der Waals surface area contributed by atoms with Crippen LogP contribution in [0.25, 0.3) is 0 Å². The molecular formula is C17H23N3O. The molecule has 0 spiro atoms. The van der Waals surface area contributed by atoms with Gasteiger partial charge in [0.1, 0.15) is 12.4 Å². The smallest absolute Gasteiger partial charge is 0.130 e. The molecule has 1 heterocycles. The minimum atomic E-state index is 0.554. The van der Waals surface area contributed by atoms with E-state index in [4.69, 9.17) is 4.74 Å². The fraction of sp³-hybridized carbons (Fsp3) is 0.471. The molecule has 21 heavy (non-hydrogen) atoms. The van der Waals surface area contributed by atoms with Gasteiger partial charge >= 0.3 is 0 Å². The SMILES string of the molecule is Cc1cc(COc2c(C)cccc2CNC2CC2)n(C)n1. The standard InChI is InChI=1S/C17H23N3O/c1-12-5-4-6-14(10-18-15-7-8-15)17(12)21-11-16-9-13(2)19-20(16)3/h4-6,9,15,18H,7-8,10-11H2,1-3H3. The van der Waals surface area contributed by atoms with Crippen LogP contribution < -0.4 is 10.1 Å². The van der Waals surface area contributed by atoms with Gasteiger partial charge in [0, 0.05) is 25.2 Å². The maximum Gasteiger partial charge on any atom is 0.130 e. The van der Waals surface area contributed by atoms with E-state index in [9.17, 15) is 0 Å². The van der Waals surface area contributed by atoms with Gasteiger partial charge in [0.05, 0.1) is 11.4 Å². The maximum atomic E-state index is 6.10. The summed E-state index contributed by atoms with van der Waals surface area (Å²) in [5.74, 6) is 1.00. The van der Waals surface area contributed by atoms with Gasteiger partial charge in [0.2, 0.25) is 0 Å². The number of aromatic nitrogens is 2. The quantitative estimate of drug-likeness (QED) is 0.887. The lowest BCUT2D eigenvalue weighted by Crippen LogP contribution is -2.16. The van der Waals surface area contributed by atoms with Gasteiger partial charge < -0.3 is 10.1 Å². The Balaban J connectivity index is 1.72. The molecule has 112 valence electrons. The molecule has 1 aromatic carbocycles. The van der Waals surface area contributed by atoms with Crippen LogP contribution in [-0.4, -0.2) is 15.8 Å². The second kappa shape index (κ2) is 5.90. The third-order valence-corrected chi connectivity index (χ3v) is 3.92. The van der Waals surface area contributed by atoms with E-state index >= 15 is 0 Å². The zero-order chi connectivity index (χ0) is 14.8. The van der Waals surface area contributed by atoms with Crippen LogP contribution in [0, 0.1) is 13.8 Å². The molecule has 4 nitrogen and oxygen atoms in total. The van der Waals surface area contributed by atoms with Gasteiger partial charge in [-0.1, -0.05) is 18.2 Å². The molecule has 1 aromatic heterocycles. The van der Waals surface area contributed by atoms with Crippen LogP contribution in [0.4, 0.5) is 0 Å². The molecule has 0 unspecified atom stereocenters. The minimum Gasteiger partial charge on any atom is -0.487 e. The Morgan fingerprint density at radius 1 is 1.33 bits per heavy atom. The van der Waals surface area contributed by atoms with Crippen LogP contribution >= 0.6 is 0 Å². The van der Waals surface area contributed by atoms with Crippen LogP contribution in [0.1, 0.15) is 35.4 Å². The molecule has 1 saturated carbocycles. The molecule has 1 aliphatic carbocycles. The predicted molar refractivity (Wildman–Crippen MR) is 83.3 cm³/mol. The van der Waals surface area contributed by atoms with E-state index in [0.717, 1.165) is 23.7 Å². The number of ether oxygens (including phenoxy) is 1. The molecule has 1 aliphatic rings. The molecule has 0 amide bonds. The Kier molecular flexibility index (Phi) is 3.97. The fourth-order valence-corrected chi connectivity index (χ4v) is 2.55. The molecule has 0 aliphatic heterocycles. The normalized spacial score (nSPS) is 14.4. The van der Waals surface area contributed by atoms with Crippen molar-refractivity contribution in [3.8, 4) is 5.75 Å². The summed E-state index contributed by atoms with van der Waals surface area (Å²) in [6.07, 6.45) is 2.60. The van der Waals surface area contributed by atoms with Crippen LogP contribution in [-0.2, 0) is 20.2 Å². The van der Waals surface area contributed by atoms with E-state index in [0.29, 0.717) is 12.6 Å². The number of hydrogen-bond acceptors (Lipinski definition) is 3. The lowest BCUT2D eigenvalue weighted by Gasteiger charge is -2.14. The van der Waals surface area contributed by atoms with Gasteiger partial charge in [0.25, 0.3) is 0 Å². The number of aryl methyl sites for hydroxylation is 3. The Bertz CT molecular complexity index is 629. The minimum absolute atomic E-state index is 0.554. The average molecular weight is 285 g/mol. The molecule has 4 heteroatoms. The molecule has 0 atom stereocenters. The first-order valence-corrected chi connectivity index (χ1v) is 7.57. The Labute approximate surface area is 126 Å². The van der Waals surface area contributed by atoms with Crippen LogP contribution in [0.2, 0.25) is 0 Å². The number of nitrogens with zero attached hydrogens (tertiary/aromatic N) is 2. The van der Waals surface area contributed by atoms with Gasteiger partial charge in [0.15, 0.2) is 0 Å². The highest BCUT2D eigenvalue weighted by Crippen LogP contribution is 2.26. The second-order valence-corrected chi connectivity index (χ2v) is 5.91. The third-order valence-electron chi connectivity index (χ3n) is 3.92. The lowest BCUT2D eigenvalue weighted by molar-refractivity contribution is 0.289. The topological polar surface area (TPSA) is 39.1 Å². The summed E-state index contributed by atoms with van der Waals surface area (Å²) in [5.41, 5.74) is 4.54. The summed E-state index contributed by atoms with van der Waals surface area (Å²) < 4.78 is 7.98. The summed E-state index contributed by atoms with van der Waals surface area (Å²) in [7, 11) is 1.96. The molecule has 1 fully saturated rings. The van der Waals surface area contributed by atoms with E-state index in [2.05, 4.69) is 41.6 Å². The first-order chi connectivity index (χ1) is 10.1. The van der Waals surface area contributed by atoms with Gasteiger partial charge in [-0.05, 0) is 38.3 Å². The summed E-state index contributed by atoms with van der Waals surface area (Å²) in [6.45, 7) is 5.54. The van der Waals surface area contributed by atoms with Crippen molar-refractivity contribution in [2.45, 2.75) is 45.9 Å². The van der Waals surface area contributed by atoms with Crippen LogP contribution in [0.3, 0.4) is 0 Å². The number of para-hydroxylation sites is 1. The summed E-state index contributed by atoms with van der Waals surface area (Å²) in [6, 6.07) is 9.12. The molecule has 3 rings (SSSR count). The highest BCUT2D eigenvalue weighted by Gasteiger charge is 2.21. The molecule has 0 saturated heterocycles. The first-order valence-electron chi connectivity index (χ1n) is 7.57. The van der Waals surface area contributed by atoms with E-state index in [-0.39, 0.29) is 0 Å². The summed E-state index contributed by atoms with van der Waals surface area (Å²) in [4.78, 5) is 0. The number of nitrogens with one attached hydrogen (secondary N) is 1. The highest BCUT2D eigenvalue weighted by atomic mass is 16.5. The van der Waals surface area contributed by atoms with Gasteiger partial charge in [-0.2, -0.15) is 5.10 Å². The van der Waals surface area contributed by atoms with Crippen molar-refractivity contribution in [1.29, 1.82) is 0 Å². The monoisotopic (exact) mass is 285 g/mol. The molecular weight excluding hydrogens is 262 g/mol. The van der Waals surface area contributed by atoms with Crippen molar-refractivity contribution in [2.75, 3.05) is 0 Å². The molecule has 0 bridgehead atoms. The van der Waals surface area contributed by atoms with E-state index in [1.807, 2.05) is 18.7 Å². The molecule has 2 aromatic rings. The van der Waals surface area contributed by atoms with E-state index in [1.165, 1.54) is 24.0 Å². The van der Waals surface area contributed by atoms with Crippen molar-refractivity contribution in [3.63, 3.8) is 0 Å². The second-order valence-electron chi connectivity index (χ2n) is 5.91. The Morgan fingerprint density at radius 3 is 2.81 bits per heavy atom. The summed E-state index contributed by atoms with van der Waals surface area (Å²) in [5, 5.41) is 7.92. The van der Waals surface area contributed by atoms with Gasteiger partial charge in [-0.15, -0.1) is 0 Å². The zero-order valence-corrected chi connectivity index (χ0v) is 13.0. The van der Waals surface area contributed by atoms with Gasteiger partial charge in [-0.25, -0.2) is 0 Å². The van der Waals surface area contributed by atoms with Crippen molar-refractivity contribution in [2.24, 2.45) is 7.05 Å². The van der Waals surface area contributed by atoms with Crippen molar-refractivity contribution < 1.29 is 4.74 Å². The third kappa shape index (κ3) is 3.45. The van der Waals surface area contributed by atoms with Gasteiger partial charge in [-0.3, -0.25) is 4.68 Å². The lowest BCUT2D eigenvalue weighted by atomic mass is 10.1. The van der Waals surface area contributed by atoms with Crippen LogP contribution in [0.5, 0.6) is 5.75 Å². The number of hydrogen-bond donors (Lipinski definition) is 1. The van der Waals surface area contributed by atoms with E-state index in [1.54, 1.807) is 0 Å². The molecule has 1 N–H and O–H groups in total. The summed E-state index contributed by atoms with van der Waals surface area (Å²) >= 11 is 0. The fourth-order valence-electron chi connectivity index (χ4n) is 2.55.